The molecule has 1 aromatic carbocycles. The molecule has 0 bridgehead atoms. The summed E-state index contributed by atoms with van der Waals surface area (Å²) < 4.78 is 6.02. The minimum Gasteiger partial charge on any atom is -0.370 e. The van der Waals surface area contributed by atoms with Crippen molar-refractivity contribution < 1.29 is 4.74 Å². The molecule has 1 heterocycles. The van der Waals surface area contributed by atoms with E-state index in [1.165, 1.54) is 16.7 Å². The Labute approximate surface area is 157 Å². The maximum absolute atomic E-state index is 6.02. The van der Waals surface area contributed by atoms with Gasteiger partial charge in [0.2, 0.25) is 0 Å². The third-order valence-electron chi connectivity index (χ3n) is 3.96. The van der Waals surface area contributed by atoms with Crippen molar-refractivity contribution in [2.75, 3.05) is 32.8 Å². The topological polar surface area (TPSA) is 36.9 Å². The summed E-state index contributed by atoms with van der Waals surface area (Å²) in [5.41, 5.74) is 3.90. The zero-order valence-corrected chi connectivity index (χ0v) is 17.1. The van der Waals surface area contributed by atoms with Crippen LogP contribution in [0.25, 0.3) is 0 Å². The van der Waals surface area contributed by atoms with E-state index in [0.29, 0.717) is 0 Å². The Kier molecular flexibility index (Phi) is 8.91. The molecule has 1 unspecified atom stereocenters. The van der Waals surface area contributed by atoms with E-state index < -0.39 is 0 Å². The van der Waals surface area contributed by atoms with E-state index in [2.05, 4.69) is 56.1 Å². The highest BCUT2D eigenvalue weighted by atomic mass is 127. The van der Waals surface area contributed by atoms with Gasteiger partial charge >= 0.3 is 0 Å². The van der Waals surface area contributed by atoms with Crippen LogP contribution in [0.1, 0.15) is 43.1 Å². The number of morpholine rings is 1. The highest BCUT2D eigenvalue weighted by Gasteiger charge is 2.25. The van der Waals surface area contributed by atoms with Crippen LogP contribution in [0.4, 0.5) is 0 Å². The summed E-state index contributed by atoms with van der Waals surface area (Å²) in [5, 5.41) is 3.40. The first-order valence-electron chi connectivity index (χ1n) is 8.37. The van der Waals surface area contributed by atoms with Crippen molar-refractivity contribution >= 4 is 29.9 Å². The standard InChI is InChI=1S/C18H29N3O.HI/c1-5-9-20-18(19-6-2)21-10-11-22-17(13-21)16-8-7-14(3)12-15(16)4;/h7-8,12,17H,5-6,9-11,13H2,1-4H3,(H,19,20);1H. The molecule has 1 saturated heterocycles. The minimum absolute atomic E-state index is 0. The van der Waals surface area contributed by atoms with Gasteiger partial charge in [0.05, 0.1) is 13.2 Å². The maximum atomic E-state index is 6.02. The van der Waals surface area contributed by atoms with Gasteiger partial charge in [-0.3, -0.25) is 4.99 Å². The summed E-state index contributed by atoms with van der Waals surface area (Å²) in [7, 11) is 0. The molecule has 4 nitrogen and oxygen atoms in total. The highest BCUT2D eigenvalue weighted by Crippen LogP contribution is 2.25. The lowest BCUT2D eigenvalue weighted by atomic mass is 10.00. The second-order valence-corrected chi connectivity index (χ2v) is 5.90. The van der Waals surface area contributed by atoms with Crippen LogP contribution in [0.3, 0.4) is 0 Å². The van der Waals surface area contributed by atoms with Crippen LogP contribution in [-0.4, -0.2) is 43.6 Å². The van der Waals surface area contributed by atoms with E-state index in [9.17, 15) is 0 Å². The molecule has 1 aromatic rings. The van der Waals surface area contributed by atoms with Gasteiger partial charge in [0, 0.05) is 19.6 Å². The largest absolute Gasteiger partial charge is 0.370 e. The van der Waals surface area contributed by atoms with Gasteiger partial charge in [-0.05, 0) is 38.3 Å². The zero-order valence-electron chi connectivity index (χ0n) is 14.8. The van der Waals surface area contributed by atoms with E-state index in [4.69, 9.17) is 9.73 Å². The number of guanidine groups is 1. The Morgan fingerprint density at radius 1 is 1.35 bits per heavy atom. The van der Waals surface area contributed by atoms with Crippen LogP contribution in [0.2, 0.25) is 0 Å². The number of nitrogens with zero attached hydrogens (tertiary/aromatic N) is 2. The first-order valence-corrected chi connectivity index (χ1v) is 8.37. The summed E-state index contributed by atoms with van der Waals surface area (Å²) in [6.45, 7) is 12.8. The lowest BCUT2D eigenvalue weighted by Crippen LogP contribution is -2.48. The van der Waals surface area contributed by atoms with Crippen LogP contribution in [0.5, 0.6) is 0 Å². The van der Waals surface area contributed by atoms with Crippen LogP contribution in [0, 0.1) is 13.8 Å². The molecule has 1 aliphatic rings. The minimum atomic E-state index is 0. The summed E-state index contributed by atoms with van der Waals surface area (Å²) in [6.07, 6.45) is 1.19. The fraction of sp³-hybridized carbons (Fsp3) is 0.611. The van der Waals surface area contributed by atoms with E-state index >= 15 is 0 Å². The fourth-order valence-electron chi connectivity index (χ4n) is 2.86. The van der Waals surface area contributed by atoms with Crippen molar-refractivity contribution in [1.29, 1.82) is 0 Å². The van der Waals surface area contributed by atoms with Gasteiger partial charge in [0.1, 0.15) is 6.10 Å². The van der Waals surface area contributed by atoms with Gasteiger partial charge < -0.3 is 15.0 Å². The van der Waals surface area contributed by atoms with Gasteiger partial charge in [-0.2, -0.15) is 0 Å². The Morgan fingerprint density at radius 2 is 2.13 bits per heavy atom. The first kappa shape index (κ1) is 20.2. The average molecular weight is 431 g/mol. The molecule has 0 saturated carbocycles. The molecule has 1 N–H and O–H groups in total. The lowest BCUT2D eigenvalue weighted by Gasteiger charge is -2.36. The Balaban J connectivity index is 0.00000264. The van der Waals surface area contributed by atoms with E-state index in [0.717, 1.165) is 45.2 Å². The molecule has 5 heteroatoms. The van der Waals surface area contributed by atoms with Crippen molar-refractivity contribution in [3.63, 3.8) is 0 Å². The van der Waals surface area contributed by atoms with Crippen LogP contribution in [0.15, 0.2) is 23.2 Å². The molecule has 1 aliphatic heterocycles. The van der Waals surface area contributed by atoms with Crippen LogP contribution >= 0.6 is 24.0 Å². The predicted octanol–water partition coefficient (Wildman–Crippen LogP) is 3.67. The molecule has 0 spiro atoms. The number of aryl methyl sites for hydroxylation is 2. The Hall–Kier alpha value is -0.820. The number of hydrogen-bond donors (Lipinski definition) is 1. The van der Waals surface area contributed by atoms with Crippen molar-refractivity contribution in [2.45, 2.75) is 40.2 Å². The van der Waals surface area contributed by atoms with E-state index in [1.807, 2.05) is 0 Å². The number of halogens is 1. The molecular formula is C18H30IN3O. The van der Waals surface area contributed by atoms with E-state index in [1.54, 1.807) is 0 Å². The molecule has 0 radical (unpaired) electrons. The second-order valence-electron chi connectivity index (χ2n) is 5.90. The third kappa shape index (κ3) is 5.64. The van der Waals surface area contributed by atoms with Gasteiger partial charge in [-0.25, -0.2) is 0 Å². The predicted molar refractivity (Wildman–Crippen MR) is 108 cm³/mol. The van der Waals surface area contributed by atoms with Crippen LogP contribution in [-0.2, 0) is 4.74 Å². The number of rotatable bonds is 4. The number of hydrogen-bond acceptors (Lipinski definition) is 2. The average Bonchev–Trinajstić information content (AvgIpc) is 2.51. The van der Waals surface area contributed by atoms with Crippen molar-refractivity contribution in [2.24, 2.45) is 4.99 Å². The molecule has 1 atom stereocenters. The number of ether oxygens (including phenoxy) is 1. The summed E-state index contributed by atoms with van der Waals surface area (Å²) >= 11 is 0. The molecule has 0 aliphatic carbocycles. The van der Waals surface area contributed by atoms with Gasteiger partial charge in [-0.1, -0.05) is 30.7 Å². The maximum Gasteiger partial charge on any atom is 0.194 e. The van der Waals surface area contributed by atoms with Crippen molar-refractivity contribution in [3.8, 4) is 0 Å². The van der Waals surface area contributed by atoms with E-state index in [-0.39, 0.29) is 30.1 Å². The fourth-order valence-corrected chi connectivity index (χ4v) is 2.86. The van der Waals surface area contributed by atoms with Gasteiger partial charge in [0.25, 0.3) is 0 Å². The number of nitrogens with one attached hydrogen (secondary N) is 1. The number of benzene rings is 1. The van der Waals surface area contributed by atoms with Gasteiger partial charge in [-0.15, -0.1) is 24.0 Å². The summed E-state index contributed by atoms with van der Waals surface area (Å²) in [6, 6.07) is 6.60. The molecular weight excluding hydrogens is 401 g/mol. The third-order valence-corrected chi connectivity index (χ3v) is 3.96. The molecule has 2 rings (SSSR count). The Morgan fingerprint density at radius 3 is 2.78 bits per heavy atom. The first-order chi connectivity index (χ1) is 10.7. The molecule has 130 valence electrons. The highest BCUT2D eigenvalue weighted by molar-refractivity contribution is 14.0. The summed E-state index contributed by atoms with van der Waals surface area (Å²) in [4.78, 5) is 7.02. The summed E-state index contributed by atoms with van der Waals surface area (Å²) in [5.74, 6) is 1.02. The van der Waals surface area contributed by atoms with Crippen molar-refractivity contribution in [1.82, 2.24) is 10.2 Å². The SMILES string of the molecule is CCCN=C(NCC)N1CCOC(c2ccc(C)cc2C)C1.I. The lowest BCUT2D eigenvalue weighted by molar-refractivity contribution is -0.00833. The molecule has 1 fully saturated rings. The van der Waals surface area contributed by atoms with Crippen molar-refractivity contribution in [3.05, 3.63) is 34.9 Å². The second kappa shape index (κ2) is 10.1. The molecule has 0 amide bonds. The monoisotopic (exact) mass is 431 g/mol. The van der Waals surface area contributed by atoms with Crippen LogP contribution < -0.4 is 5.32 Å². The smallest absolute Gasteiger partial charge is 0.194 e. The normalized spacial score (nSPS) is 18.5. The number of aliphatic imine (C=N–C) groups is 1. The molecule has 23 heavy (non-hydrogen) atoms. The van der Waals surface area contributed by atoms with Gasteiger partial charge in [0.15, 0.2) is 5.96 Å². The molecule has 0 aromatic heterocycles. The Bertz CT molecular complexity index is 519. The quantitative estimate of drug-likeness (QED) is 0.449. The zero-order chi connectivity index (χ0) is 15.9.